The average Bonchev–Trinajstić information content (AvgIpc) is 3.20. The first-order chi connectivity index (χ1) is 14.2. The Morgan fingerprint density at radius 3 is 2.86 bits per heavy atom. The van der Waals surface area contributed by atoms with Crippen molar-refractivity contribution >= 4 is 22.8 Å². The molecule has 4 rings (SSSR count). The van der Waals surface area contributed by atoms with Crippen LogP contribution < -0.4 is 10.2 Å². The quantitative estimate of drug-likeness (QED) is 0.658. The largest absolute Gasteiger partial charge is 0.356 e. The summed E-state index contributed by atoms with van der Waals surface area (Å²) < 4.78 is 5.49. The Balaban J connectivity index is 1.47. The SMILES string of the molecule is CCc1noc2nc(CCC(=O)NCc3cccnc3)nc(N3CCCCC3)c12. The number of hydrogen-bond acceptors (Lipinski definition) is 7. The summed E-state index contributed by atoms with van der Waals surface area (Å²) in [6.07, 6.45) is 8.57. The van der Waals surface area contributed by atoms with E-state index in [2.05, 4.69) is 32.3 Å². The predicted octanol–water partition coefficient (Wildman–Crippen LogP) is 2.81. The molecule has 3 aromatic rings. The normalized spacial score (nSPS) is 14.3. The van der Waals surface area contributed by atoms with Crippen LogP contribution in [0.4, 0.5) is 5.82 Å². The summed E-state index contributed by atoms with van der Waals surface area (Å²) in [5.41, 5.74) is 2.38. The smallest absolute Gasteiger partial charge is 0.263 e. The van der Waals surface area contributed by atoms with Crippen LogP contribution in [0.2, 0.25) is 0 Å². The molecule has 3 aromatic heterocycles. The number of carbonyl (C=O) groups is 1. The van der Waals surface area contributed by atoms with Crippen molar-refractivity contribution in [2.45, 2.75) is 52.0 Å². The molecule has 29 heavy (non-hydrogen) atoms. The Morgan fingerprint density at radius 1 is 1.24 bits per heavy atom. The van der Waals surface area contributed by atoms with Crippen molar-refractivity contribution in [2.75, 3.05) is 18.0 Å². The second-order valence-electron chi connectivity index (χ2n) is 7.31. The standard InChI is InChI=1S/C21H26N6O2/c1-2-16-19-20(27-11-4-3-5-12-27)24-17(25-21(19)29-26-16)8-9-18(28)23-14-15-7-6-10-22-13-15/h6-7,10,13H,2-5,8-9,11-12,14H2,1H3,(H,23,28). The third kappa shape index (κ3) is 4.52. The van der Waals surface area contributed by atoms with Crippen molar-refractivity contribution < 1.29 is 9.32 Å². The minimum Gasteiger partial charge on any atom is -0.356 e. The maximum absolute atomic E-state index is 12.3. The first kappa shape index (κ1) is 19.3. The Morgan fingerprint density at radius 2 is 2.10 bits per heavy atom. The summed E-state index contributed by atoms with van der Waals surface area (Å²) >= 11 is 0. The molecule has 0 unspecified atom stereocenters. The molecular formula is C21H26N6O2. The van der Waals surface area contributed by atoms with E-state index in [1.165, 1.54) is 6.42 Å². The molecule has 152 valence electrons. The highest BCUT2D eigenvalue weighted by atomic mass is 16.5. The predicted molar refractivity (Wildman–Crippen MR) is 109 cm³/mol. The van der Waals surface area contributed by atoms with Gasteiger partial charge in [-0.1, -0.05) is 18.1 Å². The van der Waals surface area contributed by atoms with Crippen LogP contribution in [0, 0.1) is 0 Å². The van der Waals surface area contributed by atoms with Gasteiger partial charge in [0.25, 0.3) is 5.71 Å². The number of anilines is 1. The second-order valence-corrected chi connectivity index (χ2v) is 7.31. The van der Waals surface area contributed by atoms with Gasteiger partial charge in [-0.3, -0.25) is 9.78 Å². The van der Waals surface area contributed by atoms with E-state index in [-0.39, 0.29) is 5.91 Å². The van der Waals surface area contributed by atoms with Gasteiger partial charge >= 0.3 is 0 Å². The summed E-state index contributed by atoms with van der Waals surface area (Å²) in [4.78, 5) is 28.0. The van der Waals surface area contributed by atoms with E-state index in [9.17, 15) is 4.79 Å². The monoisotopic (exact) mass is 394 g/mol. The molecule has 0 atom stereocenters. The molecule has 1 aliphatic rings. The fourth-order valence-electron chi connectivity index (χ4n) is 3.64. The van der Waals surface area contributed by atoms with Crippen molar-refractivity contribution in [1.29, 1.82) is 0 Å². The zero-order valence-corrected chi connectivity index (χ0v) is 16.7. The highest BCUT2D eigenvalue weighted by Gasteiger charge is 2.22. The molecule has 4 heterocycles. The van der Waals surface area contributed by atoms with Gasteiger partial charge in [0.1, 0.15) is 17.0 Å². The van der Waals surface area contributed by atoms with Gasteiger partial charge in [-0.2, -0.15) is 4.98 Å². The molecule has 0 saturated carbocycles. The van der Waals surface area contributed by atoms with Crippen LogP contribution in [0.3, 0.4) is 0 Å². The number of hydrogen-bond donors (Lipinski definition) is 1. The molecular weight excluding hydrogens is 368 g/mol. The third-order valence-corrected chi connectivity index (χ3v) is 5.21. The van der Waals surface area contributed by atoms with Gasteiger partial charge in [-0.25, -0.2) is 4.98 Å². The molecule has 0 aromatic carbocycles. The highest BCUT2D eigenvalue weighted by Crippen LogP contribution is 2.29. The Labute approximate surface area is 169 Å². The van der Waals surface area contributed by atoms with Gasteiger partial charge in [-0.05, 0) is 37.3 Å². The van der Waals surface area contributed by atoms with E-state index in [0.717, 1.165) is 54.8 Å². The minimum absolute atomic E-state index is 0.0381. The third-order valence-electron chi connectivity index (χ3n) is 5.21. The molecule has 1 aliphatic heterocycles. The molecule has 1 amide bonds. The van der Waals surface area contributed by atoms with Gasteiger partial charge in [0.15, 0.2) is 0 Å². The lowest BCUT2D eigenvalue weighted by molar-refractivity contribution is -0.121. The molecule has 8 nitrogen and oxygen atoms in total. The van der Waals surface area contributed by atoms with Crippen LogP contribution in [-0.2, 0) is 24.2 Å². The summed E-state index contributed by atoms with van der Waals surface area (Å²) in [7, 11) is 0. The van der Waals surface area contributed by atoms with Gasteiger partial charge < -0.3 is 14.7 Å². The molecule has 1 fully saturated rings. The molecule has 0 spiro atoms. The van der Waals surface area contributed by atoms with Crippen LogP contribution in [0.5, 0.6) is 0 Å². The van der Waals surface area contributed by atoms with Gasteiger partial charge in [-0.15, -0.1) is 0 Å². The topological polar surface area (TPSA) is 97.0 Å². The average molecular weight is 394 g/mol. The maximum Gasteiger partial charge on any atom is 0.263 e. The highest BCUT2D eigenvalue weighted by molar-refractivity contribution is 5.88. The summed E-state index contributed by atoms with van der Waals surface area (Å²) in [5, 5.41) is 8.01. The molecule has 0 aliphatic carbocycles. The Kier molecular flexibility index (Phi) is 5.97. The fourth-order valence-corrected chi connectivity index (χ4v) is 3.64. The van der Waals surface area contributed by atoms with Crippen molar-refractivity contribution in [3.8, 4) is 0 Å². The lowest BCUT2D eigenvalue weighted by Gasteiger charge is -2.28. The van der Waals surface area contributed by atoms with Gasteiger partial charge in [0.2, 0.25) is 5.91 Å². The minimum atomic E-state index is -0.0381. The number of nitrogens with zero attached hydrogens (tertiary/aromatic N) is 5. The number of aryl methyl sites for hydroxylation is 2. The number of rotatable bonds is 7. The molecule has 1 N–H and O–H groups in total. The lowest BCUT2D eigenvalue weighted by atomic mass is 10.1. The van der Waals surface area contributed by atoms with Crippen LogP contribution in [0.1, 0.15) is 49.7 Å². The Hall–Kier alpha value is -3.03. The zero-order valence-electron chi connectivity index (χ0n) is 16.7. The molecule has 0 radical (unpaired) electrons. The Bertz CT molecular complexity index is 966. The first-order valence-electron chi connectivity index (χ1n) is 10.3. The lowest BCUT2D eigenvalue weighted by Crippen LogP contribution is -2.31. The first-order valence-corrected chi connectivity index (χ1v) is 10.3. The number of pyridine rings is 1. The number of carbonyl (C=O) groups excluding carboxylic acids is 1. The van der Waals surface area contributed by atoms with E-state index in [0.29, 0.717) is 30.9 Å². The maximum atomic E-state index is 12.3. The van der Waals surface area contributed by atoms with Crippen molar-refractivity contribution in [3.63, 3.8) is 0 Å². The van der Waals surface area contributed by atoms with Crippen LogP contribution in [0.25, 0.3) is 11.1 Å². The molecule has 0 bridgehead atoms. The summed E-state index contributed by atoms with van der Waals surface area (Å²) in [6.45, 7) is 4.47. The van der Waals surface area contributed by atoms with Crippen molar-refractivity contribution in [1.82, 2.24) is 25.4 Å². The summed E-state index contributed by atoms with van der Waals surface area (Å²) in [6, 6.07) is 3.79. The number of aromatic nitrogens is 4. The van der Waals surface area contributed by atoms with Gasteiger partial charge in [0, 0.05) is 44.9 Å². The summed E-state index contributed by atoms with van der Waals surface area (Å²) in [5.74, 6) is 1.48. The van der Waals surface area contributed by atoms with E-state index >= 15 is 0 Å². The van der Waals surface area contributed by atoms with E-state index in [4.69, 9.17) is 9.51 Å². The second kappa shape index (κ2) is 8.98. The molecule has 8 heteroatoms. The number of piperidine rings is 1. The van der Waals surface area contributed by atoms with Crippen LogP contribution in [0.15, 0.2) is 29.0 Å². The van der Waals surface area contributed by atoms with E-state index < -0.39 is 0 Å². The van der Waals surface area contributed by atoms with Gasteiger partial charge in [0.05, 0.1) is 5.69 Å². The van der Waals surface area contributed by atoms with Crippen molar-refractivity contribution in [2.24, 2.45) is 0 Å². The number of fused-ring (bicyclic) bond motifs is 1. The van der Waals surface area contributed by atoms with Crippen molar-refractivity contribution in [3.05, 3.63) is 41.6 Å². The van der Waals surface area contributed by atoms with Crippen LogP contribution in [-0.4, -0.2) is 39.1 Å². The van der Waals surface area contributed by atoms with E-state index in [1.807, 2.05) is 12.1 Å². The fraction of sp³-hybridized carbons (Fsp3) is 0.476. The number of nitrogens with one attached hydrogen (secondary N) is 1. The zero-order chi connectivity index (χ0) is 20.1. The molecule has 1 saturated heterocycles. The van der Waals surface area contributed by atoms with Crippen LogP contribution >= 0.6 is 0 Å². The number of amides is 1. The van der Waals surface area contributed by atoms with E-state index in [1.54, 1.807) is 12.4 Å².